The molecule has 3 aromatic rings. The minimum atomic E-state index is -0.683. The van der Waals surface area contributed by atoms with Gasteiger partial charge in [0.2, 0.25) is 5.75 Å². The molecular weight excluding hydrogens is 428 g/mol. The van der Waals surface area contributed by atoms with Crippen LogP contribution in [0, 0.1) is 0 Å². The highest BCUT2D eigenvalue weighted by Crippen LogP contribution is 2.44. The molecule has 0 fully saturated rings. The number of aromatic hydroxyl groups is 3. The van der Waals surface area contributed by atoms with E-state index in [9.17, 15) is 20.4 Å². The van der Waals surface area contributed by atoms with Gasteiger partial charge in [0, 0.05) is 5.56 Å². The fourth-order valence-electron chi connectivity index (χ4n) is 3.59. The molecular formula is C25H24O8. The molecule has 1 aliphatic rings. The lowest BCUT2D eigenvalue weighted by atomic mass is 10.0. The van der Waals surface area contributed by atoms with Crippen molar-refractivity contribution < 1.29 is 39.4 Å². The fourth-order valence-corrected chi connectivity index (χ4v) is 3.59. The molecule has 0 amide bonds. The van der Waals surface area contributed by atoms with Gasteiger partial charge in [-0.1, -0.05) is 24.3 Å². The van der Waals surface area contributed by atoms with Crippen LogP contribution >= 0.6 is 0 Å². The third-order valence-electron chi connectivity index (χ3n) is 5.32. The molecule has 172 valence electrons. The molecule has 33 heavy (non-hydrogen) atoms. The van der Waals surface area contributed by atoms with Crippen LogP contribution in [0.15, 0.2) is 48.5 Å². The Morgan fingerprint density at radius 2 is 1.42 bits per heavy atom. The van der Waals surface area contributed by atoms with E-state index in [1.54, 1.807) is 36.4 Å². The second kappa shape index (κ2) is 9.22. The third-order valence-corrected chi connectivity index (χ3v) is 5.32. The maximum atomic E-state index is 10.2. The second-order valence-electron chi connectivity index (χ2n) is 7.44. The highest BCUT2D eigenvalue weighted by atomic mass is 16.6. The fraction of sp³-hybridized carbons (Fsp3) is 0.200. The standard InChI is InChI=1S/C25H24O8/c1-30-21-11-16(12-22(31-2)24(21)29)25-23(13-26)32-19-8-6-15(10-20(19)33-25)4-3-14-5-7-17(27)18(28)9-14/h3-12,23,25-29H,13H2,1-2H3. The summed E-state index contributed by atoms with van der Waals surface area (Å²) in [7, 11) is 2.86. The molecule has 0 saturated heterocycles. The van der Waals surface area contributed by atoms with E-state index in [2.05, 4.69) is 0 Å². The first-order chi connectivity index (χ1) is 15.9. The van der Waals surface area contributed by atoms with Crippen LogP contribution in [0.4, 0.5) is 0 Å². The largest absolute Gasteiger partial charge is 0.504 e. The number of rotatable bonds is 6. The van der Waals surface area contributed by atoms with Crippen molar-refractivity contribution in [1.29, 1.82) is 0 Å². The van der Waals surface area contributed by atoms with Crippen molar-refractivity contribution >= 4 is 12.2 Å². The van der Waals surface area contributed by atoms with Gasteiger partial charge in [0.15, 0.2) is 46.7 Å². The molecule has 0 aliphatic carbocycles. The van der Waals surface area contributed by atoms with Crippen LogP contribution in [0.3, 0.4) is 0 Å². The molecule has 2 atom stereocenters. The predicted octanol–water partition coefficient (Wildman–Crippen LogP) is 3.86. The summed E-state index contributed by atoms with van der Waals surface area (Å²) in [5.74, 6) is 0.881. The first-order valence-corrected chi connectivity index (χ1v) is 10.2. The Morgan fingerprint density at radius 3 is 2.03 bits per heavy atom. The van der Waals surface area contributed by atoms with Crippen molar-refractivity contribution in [3.8, 4) is 40.2 Å². The minimum absolute atomic E-state index is 0.130. The zero-order valence-electron chi connectivity index (χ0n) is 18.1. The predicted molar refractivity (Wildman–Crippen MR) is 121 cm³/mol. The van der Waals surface area contributed by atoms with Gasteiger partial charge in [0.05, 0.1) is 20.8 Å². The maximum absolute atomic E-state index is 10.2. The summed E-state index contributed by atoms with van der Waals surface area (Å²) in [5.41, 5.74) is 2.13. The Bertz CT molecular complexity index is 1160. The van der Waals surface area contributed by atoms with Crippen LogP contribution in [0.2, 0.25) is 0 Å². The van der Waals surface area contributed by atoms with Gasteiger partial charge in [-0.05, 0) is 47.5 Å². The molecule has 0 aromatic heterocycles. The number of aliphatic hydroxyl groups excluding tert-OH is 1. The summed E-state index contributed by atoms with van der Waals surface area (Å²) in [5, 5.41) is 39.2. The van der Waals surface area contributed by atoms with Crippen LogP contribution in [0.5, 0.6) is 40.2 Å². The zero-order chi connectivity index (χ0) is 23.5. The van der Waals surface area contributed by atoms with Crippen molar-refractivity contribution in [2.75, 3.05) is 20.8 Å². The lowest BCUT2D eigenvalue weighted by molar-refractivity contribution is -0.0124. The zero-order valence-corrected chi connectivity index (χ0v) is 18.1. The van der Waals surface area contributed by atoms with Gasteiger partial charge >= 0.3 is 0 Å². The first kappa shape index (κ1) is 22.2. The normalized spacial score (nSPS) is 17.2. The highest BCUT2D eigenvalue weighted by Gasteiger charge is 2.34. The molecule has 3 aromatic carbocycles. The smallest absolute Gasteiger partial charge is 0.200 e. The van der Waals surface area contributed by atoms with Gasteiger partial charge in [-0.3, -0.25) is 0 Å². The van der Waals surface area contributed by atoms with Gasteiger partial charge in [0.1, 0.15) is 0 Å². The van der Waals surface area contributed by atoms with Gasteiger partial charge in [0.25, 0.3) is 0 Å². The van der Waals surface area contributed by atoms with E-state index in [0.717, 1.165) is 5.56 Å². The topological polar surface area (TPSA) is 118 Å². The highest BCUT2D eigenvalue weighted by molar-refractivity contribution is 5.72. The molecule has 8 nitrogen and oxygen atoms in total. The minimum Gasteiger partial charge on any atom is -0.504 e. The van der Waals surface area contributed by atoms with Crippen molar-refractivity contribution in [3.05, 3.63) is 65.2 Å². The van der Waals surface area contributed by atoms with Crippen LogP contribution in [0.1, 0.15) is 22.8 Å². The lowest BCUT2D eigenvalue weighted by Crippen LogP contribution is -2.36. The number of ether oxygens (including phenoxy) is 4. The Balaban J connectivity index is 1.64. The average molecular weight is 452 g/mol. The number of hydrogen-bond donors (Lipinski definition) is 4. The molecule has 4 N–H and O–H groups in total. The molecule has 8 heteroatoms. The molecule has 0 bridgehead atoms. The van der Waals surface area contributed by atoms with Crippen molar-refractivity contribution in [3.63, 3.8) is 0 Å². The lowest BCUT2D eigenvalue weighted by Gasteiger charge is -2.33. The molecule has 0 radical (unpaired) electrons. The molecule has 2 unspecified atom stereocenters. The third kappa shape index (κ3) is 4.47. The van der Waals surface area contributed by atoms with Crippen LogP contribution in [-0.2, 0) is 0 Å². The van der Waals surface area contributed by atoms with Gasteiger partial charge in [-0.25, -0.2) is 0 Å². The maximum Gasteiger partial charge on any atom is 0.200 e. The summed E-state index contributed by atoms with van der Waals surface area (Å²) in [4.78, 5) is 0. The Kier molecular flexibility index (Phi) is 6.19. The monoisotopic (exact) mass is 452 g/mol. The van der Waals surface area contributed by atoms with Crippen LogP contribution < -0.4 is 18.9 Å². The SMILES string of the molecule is COc1cc(C2Oc3cc(C=Cc4ccc(O)c(O)c4)ccc3OC2CO)cc(OC)c1O. The van der Waals surface area contributed by atoms with Gasteiger partial charge < -0.3 is 39.4 Å². The summed E-state index contributed by atoms with van der Waals surface area (Å²) in [6, 6.07) is 13.1. The molecule has 0 spiro atoms. The van der Waals surface area contributed by atoms with E-state index in [4.69, 9.17) is 18.9 Å². The van der Waals surface area contributed by atoms with E-state index < -0.39 is 12.2 Å². The number of phenolic OH excluding ortho intramolecular Hbond substituents is 3. The summed E-state index contributed by atoms with van der Waals surface area (Å²) >= 11 is 0. The second-order valence-corrected chi connectivity index (χ2v) is 7.44. The van der Waals surface area contributed by atoms with Crippen LogP contribution in [-0.4, -0.2) is 47.4 Å². The number of hydrogen-bond acceptors (Lipinski definition) is 8. The van der Waals surface area contributed by atoms with E-state index in [1.165, 1.54) is 26.4 Å². The Labute approximate surface area is 190 Å². The quantitative estimate of drug-likeness (QED) is 0.329. The average Bonchev–Trinajstić information content (AvgIpc) is 2.84. The van der Waals surface area contributed by atoms with Crippen molar-refractivity contribution in [2.24, 2.45) is 0 Å². The van der Waals surface area contributed by atoms with Gasteiger partial charge in [-0.15, -0.1) is 0 Å². The first-order valence-electron chi connectivity index (χ1n) is 10.2. The number of aliphatic hydroxyl groups is 1. The van der Waals surface area contributed by atoms with Crippen molar-refractivity contribution in [1.82, 2.24) is 0 Å². The Hall–Kier alpha value is -4.04. The van der Waals surface area contributed by atoms with E-state index in [1.807, 2.05) is 12.1 Å². The molecule has 1 heterocycles. The molecule has 1 aliphatic heterocycles. The van der Waals surface area contributed by atoms with Crippen LogP contribution in [0.25, 0.3) is 12.2 Å². The van der Waals surface area contributed by atoms with E-state index >= 15 is 0 Å². The molecule has 4 rings (SSSR count). The number of benzene rings is 3. The number of fused-ring (bicyclic) bond motifs is 1. The van der Waals surface area contributed by atoms with E-state index in [0.29, 0.717) is 22.6 Å². The summed E-state index contributed by atoms with van der Waals surface area (Å²) in [6.45, 7) is -0.290. The summed E-state index contributed by atoms with van der Waals surface area (Å²) in [6.07, 6.45) is 2.25. The summed E-state index contributed by atoms with van der Waals surface area (Å²) < 4.78 is 22.6. The Morgan fingerprint density at radius 1 is 0.788 bits per heavy atom. The number of methoxy groups -OCH3 is 2. The van der Waals surface area contributed by atoms with E-state index in [-0.39, 0.29) is 35.4 Å². The van der Waals surface area contributed by atoms with Crippen molar-refractivity contribution in [2.45, 2.75) is 12.2 Å². The molecule has 0 saturated carbocycles. The number of phenols is 3. The van der Waals surface area contributed by atoms with Gasteiger partial charge in [-0.2, -0.15) is 0 Å².